The van der Waals surface area contributed by atoms with Crippen LogP contribution < -0.4 is 11.1 Å². The monoisotopic (exact) mass is 318 g/mol. The van der Waals surface area contributed by atoms with Gasteiger partial charge >= 0.3 is 0 Å². The Morgan fingerprint density at radius 1 is 1.24 bits per heavy atom. The molecule has 124 valence electrons. The van der Waals surface area contributed by atoms with Gasteiger partial charge in [0.15, 0.2) is 0 Å². The highest BCUT2D eigenvalue weighted by Gasteiger charge is 2.37. The van der Waals surface area contributed by atoms with Gasteiger partial charge in [0.05, 0.1) is 12.0 Å². The molecule has 2 atom stereocenters. The Kier molecular flexibility index (Phi) is 7.45. The molecule has 2 aliphatic rings. The van der Waals surface area contributed by atoms with Crippen molar-refractivity contribution in [2.24, 2.45) is 17.6 Å². The van der Waals surface area contributed by atoms with Crippen molar-refractivity contribution in [1.82, 2.24) is 5.32 Å². The molecule has 0 aromatic carbocycles. The fourth-order valence-corrected chi connectivity index (χ4v) is 3.73. The number of nitrogens with one attached hydrogen (secondary N) is 1. The van der Waals surface area contributed by atoms with Gasteiger partial charge in [-0.05, 0) is 51.4 Å². The molecular formula is C16H31ClN2O2. The fourth-order valence-electron chi connectivity index (χ4n) is 3.73. The van der Waals surface area contributed by atoms with Crippen LogP contribution in [0.3, 0.4) is 0 Å². The van der Waals surface area contributed by atoms with Crippen LogP contribution in [0.5, 0.6) is 0 Å². The maximum absolute atomic E-state index is 12.4. The second-order valence-corrected chi connectivity index (χ2v) is 6.93. The summed E-state index contributed by atoms with van der Waals surface area (Å²) in [4.78, 5) is 12.4. The van der Waals surface area contributed by atoms with Crippen LogP contribution in [0.1, 0.15) is 58.3 Å². The van der Waals surface area contributed by atoms with Crippen LogP contribution in [0.2, 0.25) is 0 Å². The number of rotatable bonds is 4. The molecule has 1 amide bonds. The van der Waals surface area contributed by atoms with Crippen LogP contribution in [0.25, 0.3) is 0 Å². The van der Waals surface area contributed by atoms with Crippen LogP contribution in [-0.4, -0.2) is 31.2 Å². The topological polar surface area (TPSA) is 64.3 Å². The number of carbonyl (C=O) groups excluding carboxylic acids is 1. The van der Waals surface area contributed by atoms with Gasteiger partial charge in [-0.2, -0.15) is 0 Å². The smallest absolute Gasteiger partial charge is 0.224 e. The largest absolute Gasteiger partial charge is 0.381 e. The molecule has 2 fully saturated rings. The van der Waals surface area contributed by atoms with Gasteiger partial charge in [0, 0.05) is 19.2 Å². The molecule has 3 N–H and O–H groups in total. The second-order valence-electron chi connectivity index (χ2n) is 6.93. The minimum Gasteiger partial charge on any atom is -0.381 e. The van der Waals surface area contributed by atoms with Crippen molar-refractivity contribution in [3.63, 3.8) is 0 Å². The first kappa shape index (κ1) is 18.7. The number of hydrogen-bond donors (Lipinski definition) is 2. The number of amides is 1. The maximum atomic E-state index is 12.4. The zero-order valence-electron chi connectivity index (χ0n) is 13.4. The van der Waals surface area contributed by atoms with E-state index in [4.69, 9.17) is 10.5 Å². The predicted octanol–water partition coefficient (Wildman–Crippen LogP) is 2.64. The lowest BCUT2D eigenvalue weighted by Crippen LogP contribution is -2.53. The molecule has 2 rings (SSSR count). The van der Waals surface area contributed by atoms with Crippen molar-refractivity contribution in [1.29, 1.82) is 0 Å². The molecule has 2 unspecified atom stereocenters. The zero-order chi connectivity index (χ0) is 14.6. The van der Waals surface area contributed by atoms with Gasteiger partial charge in [-0.25, -0.2) is 0 Å². The van der Waals surface area contributed by atoms with E-state index in [1.807, 2.05) is 6.92 Å². The zero-order valence-corrected chi connectivity index (χ0v) is 14.2. The summed E-state index contributed by atoms with van der Waals surface area (Å²) in [6, 6.07) is 0. The minimum atomic E-state index is -0.323. The number of hydrogen-bond acceptors (Lipinski definition) is 3. The fraction of sp³-hybridized carbons (Fsp3) is 0.938. The van der Waals surface area contributed by atoms with Gasteiger partial charge in [0.2, 0.25) is 5.91 Å². The van der Waals surface area contributed by atoms with Crippen LogP contribution in [0.15, 0.2) is 0 Å². The quantitative estimate of drug-likeness (QED) is 0.837. The molecule has 5 heteroatoms. The highest BCUT2D eigenvalue weighted by Crippen LogP contribution is 2.32. The van der Waals surface area contributed by atoms with Crippen molar-refractivity contribution >= 4 is 18.3 Å². The Labute approximate surface area is 135 Å². The third-order valence-corrected chi connectivity index (χ3v) is 5.26. The van der Waals surface area contributed by atoms with E-state index in [2.05, 4.69) is 5.32 Å². The highest BCUT2D eigenvalue weighted by atomic mass is 35.5. The summed E-state index contributed by atoms with van der Waals surface area (Å²) in [5.41, 5.74) is 5.97. The summed E-state index contributed by atoms with van der Waals surface area (Å²) in [5, 5.41) is 3.15. The van der Waals surface area contributed by atoms with Gasteiger partial charge < -0.3 is 15.8 Å². The van der Waals surface area contributed by atoms with E-state index in [0.29, 0.717) is 12.0 Å². The molecule has 21 heavy (non-hydrogen) atoms. The predicted molar refractivity (Wildman–Crippen MR) is 87.6 cm³/mol. The molecule has 0 saturated heterocycles. The average Bonchev–Trinajstić information content (AvgIpc) is 2.45. The van der Waals surface area contributed by atoms with E-state index in [0.717, 1.165) is 57.9 Å². The Balaban J connectivity index is 0.00000220. The molecule has 0 aromatic rings. The lowest BCUT2D eigenvalue weighted by atomic mass is 9.74. The summed E-state index contributed by atoms with van der Waals surface area (Å²) in [5.74, 6) is 0.771. The summed E-state index contributed by atoms with van der Waals surface area (Å²) in [6.45, 7) is 2.84. The van der Waals surface area contributed by atoms with Crippen LogP contribution >= 0.6 is 12.4 Å². The molecule has 0 radical (unpaired) electrons. The minimum absolute atomic E-state index is 0. The summed E-state index contributed by atoms with van der Waals surface area (Å²) >= 11 is 0. The first-order valence-electron chi connectivity index (χ1n) is 8.12. The van der Waals surface area contributed by atoms with Gasteiger partial charge in [-0.1, -0.05) is 12.8 Å². The molecule has 0 spiro atoms. The average molecular weight is 319 g/mol. The van der Waals surface area contributed by atoms with E-state index in [9.17, 15) is 4.79 Å². The number of methoxy groups -OCH3 is 1. The maximum Gasteiger partial charge on any atom is 0.224 e. The van der Waals surface area contributed by atoms with E-state index in [-0.39, 0.29) is 29.8 Å². The molecular weight excluding hydrogens is 288 g/mol. The molecule has 0 aromatic heterocycles. The summed E-state index contributed by atoms with van der Waals surface area (Å²) in [7, 11) is 1.79. The highest BCUT2D eigenvalue weighted by molar-refractivity contribution is 5.85. The SMILES string of the molecule is COC1CCC(CNC(=O)C2CCCCC2(C)N)CC1.Cl. The molecule has 0 heterocycles. The first-order valence-corrected chi connectivity index (χ1v) is 8.12. The van der Waals surface area contributed by atoms with Gasteiger partial charge in [-0.15, -0.1) is 12.4 Å². The number of carbonyl (C=O) groups is 1. The Hall–Kier alpha value is -0.320. The van der Waals surface area contributed by atoms with E-state index < -0.39 is 0 Å². The van der Waals surface area contributed by atoms with Gasteiger partial charge in [-0.3, -0.25) is 4.79 Å². The molecule has 4 nitrogen and oxygen atoms in total. The third kappa shape index (κ3) is 5.11. The summed E-state index contributed by atoms with van der Waals surface area (Å²) in [6.07, 6.45) is 9.16. The Morgan fingerprint density at radius 2 is 1.90 bits per heavy atom. The van der Waals surface area contributed by atoms with Crippen LogP contribution in [0.4, 0.5) is 0 Å². The van der Waals surface area contributed by atoms with Crippen molar-refractivity contribution in [2.45, 2.75) is 69.9 Å². The number of halogens is 1. The van der Waals surface area contributed by atoms with Crippen molar-refractivity contribution in [3.8, 4) is 0 Å². The second kappa shape index (κ2) is 8.35. The Bertz CT molecular complexity index is 328. The number of nitrogens with two attached hydrogens (primary N) is 1. The van der Waals surface area contributed by atoms with E-state index in [1.54, 1.807) is 7.11 Å². The van der Waals surface area contributed by atoms with E-state index >= 15 is 0 Å². The third-order valence-electron chi connectivity index (χ3n) is 5.26. The van der Waals surface area contributed by atoms with Crippen molar-refractivity contribution in [3.05, 3.63) is 0 Å². The molecule has 2 saturated carbocycles. The first-order chi connectivity index (χ1) is 9.53. The molecule has 2 aliphatic carbocycles. The van der Waals surface area contributed by atoms with Gasteiger partial charge in [0.25, 0.3) is 0 Å². The van der Waals surface area contributed by atoms with Crippen LogP contribution in [-0.2, 0) is 9.53 Å². The molecule has 0 aliphatic heterocycles. The standard InChI is InChI=1S/C16H30N2O2.ClH/c1-16(17)10-4-3-5-14(16)15(19)18-11-12-6-8-13(20-2)9-7-12;/h12-14H,3-11,17H2,1-2H3,(H,18,19);1H. The molecule has 0 bridgehead atoms. The normalized spacial score (nSPS) is 36.6. The van der Waals surface area contributed by atoms with E-state index in [1.165, 1.54) is 0 Å². The summed E-state index contributed by atoms with van der Waals surface area (Å²) < 4.78 is 5.38. The Morgan fingerprint density at radius 3 is 2.48 bits per heavy atom. The van der Waals surface area contributed by atoms with Crippen molar-refractivity contribution < 1.29 is 9.53 Å². The van der Waals surface area contributed by atoms with Crippen molar-refractivity contribution in [2.75, 3.05) is 13.7 Å². The van der Waals surface area contributed by atoms with Crippen LogP contribution in [0, 0.1) is 11.8 Å². The lowest BCUT2D eigenvalue weighted by Gasteiger charge is -2.37. The number of ether oxygens (including phenoxy) is 1. The lowest BCUT2D eigenvalue weighted by molar-refractivity contribution is -0.128. The van der Waals surface area contributed by atoms with Gasteiger partial charge in [0.1, 0.15) is 0 Å².